The van der Waals surface area contributed by atoms with Crippen molar-refractivity contribution in [3.63, 3.8) is 0 Å². The van der Waals surface area contributed by atoms with E-state index in [-0.39, 0.29) is 21.9 Å². The topological polar surface area (TPSA) is 80.5 Å². The Morgan fingerprint density at radius 2 is 2.10 bits per heavy atom. The fourth-order valence-electron chi connectivity index (χ4n) is 2.42. The van der Waals surface area contributed by atoms with Crippen LogP contribution in [0.5, 0.6) is 0 Å². The Kier molecular flexibility index (Phi) is 4.36. The number of nitrogens with zero attached hydrogens (tertiary/aromatic N) is 1. The molecule has 0 aliphatic carbocycles. The molecule has 1 atom stereocenters. The van der Waals surface area contributed by atoms with Crippen molar-refractivity contribution in [2.75, 3.05) is 6.54 Å². The predicted molar refractivity (Wildman–Crippen MR) is 77.2 cm³/mol. The molecule has 1 unspecified atom stereocenters. The van der Waals surface area contributed by atoms with Crippen LogP contribution < -0.4 is 5.14 Å². The van der Waals surface area contributed by atoms with Gasteiger partial charge in [0.1, 0.15) is 4.90 Å². The summed E-state index contributed by atoms with van der Waals surface area (Å²) in [7, 11) is -3.94. The van der Waals surface area contributed by atoms with Crippen LogP contribution >= 0.6 is 11.6 Å². The fraction of sp³-hybridized carbons (Fsp3) is 0.462. The first kappa shape index (κ1) is 15.3. The maximum atomic E-state index is 12.4. The molecule has 0 spiro atoms. The monoisotopic (exact) mass is 316 g/mol. The third-order valence-corrected chi connectivity index (χ3v) is 4.94. The summed E-state index contributed by atoms with van der Waals surface area (Å²) < 4.78 is 22.9. The minimum absolute atomic E-state index is 0.0238. The van der Waals surface area contributed by atoms with Crippen molar-refractivity contribution in [2.24, 2.45) is 5.14 Å². The molecule has 1 saturated heterocycles. The summed E-state index contributed by atoms with van der Waals surface area (Å²) in [4.78, 5) is 14.0. The second-order valence-electron chi connectivity index (χ2n) is 5.03. The largest absolute Gasteiger partial charge is 0.336 e. The Morgan fingerprint density at radius 1 is 1.40 bits per heavy atom. The number of sulfonamides is 1. The van der Waals surface area contributed by atoms with Crippen molar-refractivity contribution in [2.45, 2.75) is 37.1 Å². The van der Waals surface area contributed by atoms with Gasteiger partial charge in [-0.05, 0) is 44.4 Å². The molecule has 1 aromatic carbocycles. The second kappa shape index (κ2) is 5.71. The van der Waals surface area contributed by atoms with E-state index in [4.69, 9.17) is 16.7 Å². The van der Waals surface area contributed by atoms with Crippen molar-refractivity contribution in [3.8, 4) is 0 Å². The molecule has 1 aliphatic heterocycles. The summed E-state index contributed by atoms with van der Waals surface area (Å²) in [5.41, 5.74) is 0.298. The zero-order valence-electron chi connectivity index (χ0n) is 11.2. The normalized spacial score (nSPS) is 19.9. The first-order valence-electron chi connectivity index (χ1n) is 6.44. The van der Waals surface area contributed by atoms with Crippen LogP contribution in [0.3, 0.4) is 0 Å². The van der Waals surface area contributed by atoms with Crippen LogP contribution in [0.1, 0.15) is 36.5 Å². The Balaban J connectivity index is 2.36. The number of amides is 1. The lowest BCUT2D eigenvalue weighted by Gasteiger charge is -2.33. The lowest BCUT2D eigenvalue weighted by Crippen LogP contribution is -2.42. The Hall–Kier alpha value is -1.11. The van der Waals surface area contributed by atoms with Gasteiger partial charge in [0.2, 0.25) is 10.0 Å². The van der Waals surface area contributed by atoms with E-state index in [1.165, 1.54) is 18.2 Å². The maximum absolute atomic E-state index is 12.4. The molecule has 0 radical (unpaired) electrons. The highest BCUT2D eigenvalue weighted by atomic mass is 35.5. The minimum Gasteiger partial charge on any atom is -0.336 e. The van der Waals surface area contributed by atoms with Gasteiger partial charge >= 0.3 is 0 Å². The third-order valence-electron chi connectivity index (χ3n) is 3.55. The van der Waals surface area contributed by atoms with Crippen LogP contribution in [0.4, 0.5) is 0 Å². The van der Waals surface area contributed by atoms with Crippen LogP contribution in [0.25, 0.3) is 0 Å². The van der Waals surface area contributed by atoms with E-state index in [1.807, 2.05) is 6.92 Å². The number of benzene rings is 1. The molecular weight excluding hydrogens is 300 g/mol. The molecule has 2 N–H and O–H groups in total. The number of rotatable bonds is 2. The van der Waals surface area contributed by atoms with Crippen LogP contribution in [0, 0.1) is 0 Å². The lowest BCUT2D eigenvalue weighted by molar-refractivity contribution is 0.0635. The molecule has 7 heteroatoms. The number of piperidine rings is 1. The van der Waals surface area contributed by atoms with Gasteiger partial charge in [0.25, 0.3) is 5.91 Å². The second-order valence-corrected chi connectivity index (χ2v) is 6.97. The van der Waals surface area contributed by atoms with Gasteiger partial charge in [0.05, 0.1) is 5.02 Å². The maximum Gasteiger partial charge on any atom is 0.254 e. The van der Waals surface area contributed by atoms with Crippen LogP contribution in [0.2, 0.25) is 5.02 Å². The van der Waals surface area contributed by atoms with Crippen LogP contribution in [0.15, 0.2) is 23.1 Å². The summed E-state index contributed by atoms with van der Waals surface area (Å²) in [6, 6.07) is 4.33. The number of carbonyl (C=O) groups excluding carboxylic acids is 1. The molecule has 110 valence electrons. The number of halogens is 1. The van der Waals surface area contributed by atoms with Crippen LogP contribution in [-0.2, 0) is 10.0 Å². The predicted octanol–water partition coefficient (Wildman–Crippen LogP) is 2.00. The zero-order valence-corrected chi connectivity index (χ0v) is 12.7. The summed E-state index contributed by atoms with van der Waals surface area (Å²) in [6.07, 6.45) is 3.03. The molecule has 0 saturated carbocycles. The molecule has 0 bridgehead atoms. The SMILES string of the molecule is CC1CCCCN1C(=O)c1ccc(Cl)c(S(N)(=O)=O)c1. The number of hydrogen-bond acceptors (Lipinski definition) is 3. The summed E-state index contributed by atoms with van der Waals surface area (Å²) in [6.45, 7) is 2.68. The van der Waals surface area contributed by atoms with E-state index >= 15 is 0 Å². The van der Waals surface area contributed by atoms with Gasteiger partial charge in [-0.15, -0.1) is 0 Å². The molecule has 2 rings (SSSR count). The van der Waals surface area contributed by atoms with Crippen LogP contribution in [-0.4, -0.2) is 31.8 Å². The Labute approximate surface area is 123 Å². The van der Waals surface area contributed by atoms with Gasteiger partial charge in [-0.1, -0.05) is 11.6 Å². The standard InChI is InChI=1S/C13H17ClN2O3S/c1-9-4-2-3-7-16(9)13(17)10-5-6-11(14)12(8-10)20(15,18)19/h5-6,8-9H,2-4,7H2,1H3,(H2,15,18,19). The number of likely N-dealkylation sites (tertiary alicyclic amines) is 1. The zero-order chi connectivity index (χ0) is 14.9. The van der Waals surface area contributed by atoms with Gasteiger partial charge in [-0.3, -0.25) is 4.79 Å². The highest BCUT2D eigenvalue weighted by molar-refractivity contribution is 7.89. The number of primary sulfonamides is 1. The average Bonchev–Trinajstić information content (AvgIpc) is 2.37. The van der Waals surface area contributed by atoms with Gasteiger partial charge < -0.3 is 4.90 Å². The third kappa shape index (κ3) is 3.13. The summed E-state index contributed by atoms with van der Waals surface area (Å²) >= 11 is 5.82. The molecular formula is C13H17ClN2O3S. The van der Waals surface area contributed by atoms with E-state index < -0.39 is 10.0 Å². The van der Waals surface area contributed by atoms with Crippen molar-refractivity contribution in [1.29, 1.82) is 0 Å². The van der Waals surface area contributed by atoms with E-state index in [0.29, 0.717) is 12.1 Å². The molecule has 0 aromatic heterocycles. The highest BCUT2D eigenvalue weighted by Crippen LogP contribution is 2.24. The van der Waals surface area contributed by atoms with E-state index in [9.17, 15) is 13.2 Å². The van der Waals surface area contributed by atoms with Gasteiger partial charge in [-0.25, -0.2) is 13.6 Å². The first-order valence-corrected chi connectivity index (χ1v) is 8.36. The first-order chi connectivity index (χ1) is 9.30. The van der Waals surface area contributed by atoms with E-state index in [2.05, 4.69) is 0 Å². The molecule has 1 heterocycles. The summed E-state index contributed by atoms with van der Waals surface area (Å²) in [5, 5.41) is 5.12. The van der Waals surface area contributed by atoms with Crippen molar-refractivity contribution in [3.05, 3.63) is 28.8 Å². The lowest BCUT2D eigenvalue weighted by atomic mass is 10.0. The fourth-order valence-corrected chi connectivity index (χ4v) is 3.49. The molecule has 5 nitrogen and oxygen atoms in total. The van der Waals surface area contributed by atoms with E-state index in [1.54, 1.807) is 4.90 Å². The number of hydrogen-bond donors (Lipinski definition) is 1. The Morgan fingerprint density at radius 3 is 2.70 bits per heavy atom. The Bertz CT molecular complexity index is 631. The smallest absolute Gasteiger partial charge is 0.254 e. The van der Waals surface area contributed by atoms with E-state index in [0.717, 1.165) is 19.3 Å². The molecule has 20 heavy (non-hydrogen) atoms. The van der Waals surface area contributed by atoms with Crippen molar-refractivity contribution >= 4 is 27.5 Å². The summed E-state index contributed by atoms with van der Waals surface area (Å²) in [5.74, 6) is -0.182. The van der Waals surface area contributed by atoms with Crippen molar-refractivity contribution in [1.82, 2.24) is 4.90 Å². The molecule has 1 aromatic rings. The average molecular weight is 317 g/mol. The quantitative estimate of drug-likeness (QED) is 0.906. The van der Waals surface area contributed by atoms with Gasteiger partial charge in [0.15, 0.2) is 0 Å². The van der Waals surface area contributed by atoms with Gasteiger partial charge in [-0.2, -0.15) is 0 Å². The van der Waals surface area contributed by atoms with Crippen molar-refractivity contribution < 1.29 is 13.2 Å². The number of carbonyl (C=O) groups is 1. The van der Waals surface area contributed by atoms with Gasteiger partial charge in [0, 0.05) is 18.2 Å². The number of nitrogens with two attached hydrogens (primary N) is 1. The highest BCUT2D eigenvalue weighted by Gasteiger charge is 2.25. The molecule has 1 fully saturated rings. The molecule has 1 aliphatic rings. The minimum atomic E-state index is -3.94. The molecule has 1 amide bonds.